The third kappa shape index (κ3) is 4.13. The highest BCUT2D eigenvalue weighted by molar-refractivity contribution is 8.00. The fourth-order valence-corrected chi connectivity index (χ4v) is 2.54. The first-order valence-corrected chi connectivity index (χ1v) is 7.18. The van der Waals surface area contributed by atoms with E-state index in [0.29, 0.717) is 0 Å². The summed E-state index contributed by atoms with van der Waals surface area (Å²) in [6.45, 7) is -0.225. The third-order valence-electron chi connectivity index (χ3n) is 2.86. The van der Waals surface area contributed by atoms with Gasteiger partial charge in [0.1, 0.15) is 0 Å². The lowest BCUT2D eigenvalue weighted by Crippen LogP contribution is -2.39. The molecular formula is C13H10F6N2O2S. The van der Waals surface area contributed by atoms with Crippen LogP contribution in [0.5, 0.6) is 0 Å². The van der Waals surface area contributed by atoms with Crippen LogP contribution in [0, 0.1) is 0 Å². The first-order valence-electron chi connectivity index (χ1n) is 6.36. The summed E-state index contributed by atoms with van der Waals surface area (Å²) in [5.41, 5.74) is 0.0646. The smallest absolute Gasteiger partial charge is 0.426 e. The van der Waals surface area contributed by atoms with Crippen molar-refractivity contribution in [3.63, 3.8) is 0 Å². The standard InChI is InChI=1S/C13H10F6N2O2S/c1-21-9(22)6-23-11(21)20-7-3-2-4-8(5-7)24-13(18,19)10(14)12(15,16)17/h2-5,10H,6H2,1H3. The number of halogens is 6. The summed E-state index contributed by atoms with van der Waals surface area (Å²) in [6.07, 6.45) is -9.97. The minimum Gasteiger partial charge on any atom is -0.454 e. The van der Waals surface area contributed by atoms with Gasteiger partial charge in [0.15, 0.2) is 6.61 Å². The molecule has 1 aliphatic heterocycles. The molecule has 1 heterocycles. The molecule has 1 unspecified atom stereocenters. The van der Waals surface area contributed by atoms with E-state index in [9.17, 15) is 31.1 Å². The number of benzene rings is 1. The number of nitrogens with zero attached hydrogens (tertiary/aromatic N) is 2. The van der Waals surface area contributed by atoms with Crippen LogP contribution in [0.25, 0.3) is 0 Å². The maximum atomic E-state index is 13.4. The van der Waals surface area contributed by atoms with Crippen molar-refractivity contribution in [1.29, 1.82) is 0 Å². The van der Waals surface area contributed by atoms with Crippen LogP contribution < -0.4 is 0 Å². The van der Waals surface area contributed by atoms with E-state index in [1.54, 1.807) is 0 Å². The van der Waals surface area contributed by atoms with Crippen LogP contribution in [0.3, 0.4) is 0 Å². The summed E-state index contributed by atoms with van der Waals surface area (Å²) >= 11 is -0.565. The molecule has 11 heteroatoms. The van der Waals surface area contributed by atoms with Gasteiger partial charge >= 0.3 is 11.4 Å². The van der Waals surface area contributed by atoms with Gasteiger partial charge in [0.2, 0.25) is 0 Å². The Hall–Kier alpha value is -1.91. The quantitative estimate of drug-likeness (QED) is 0.597. The summed E-state index contributed by atoms with van der Waals surface area (Å²) in [6, 6.07) is 4.68. The Morgan fingerprint density at radius 2 is 1.96 bits per heavy atom. The van der Waals surface area contributed by atoms with E-state index in [4.69, 9.17) is 4.74 Å². The van der Waals surface area contributed by atoms with Crippen LogP contribution >= 0.6 is 11.8 Å². The molecule has 4 nitrogen and oxygen atoms in total. The summed E-state index contributed by atoms with van der Waals surface area (Å²) in [4.78, 5) is 15.9. The topological polar surface area (TPSA) is 41.9 Å². The van der Waals surface area contributed by atoms with Crippen molar-refractivity contribution < 1.29 is 35.9 Å². The molecule has 0 aromatic heterocycles. The second-order valence-corrected chi connectivity index (χ2v) is 5.92. The average Bonchev–Trinajstić information content (AvgIpc) is 2.77. The number of alkyl halides is 6. The number of likely N-dealkylation sites (N-methyl/N-ethyl adjacent to an activating group) is 1. The number of carbonyl (C=O) groups excluding carboxylic acids is 1. The highest BCUT2D eigenvalue weighted by Gasteiger charge is 2.57. The molecule has 0 bridgehead atoms. The Bertz CT molecular complexity index is 664. The molecule has 2 rings (SSSR count). The van der Waals surface area contributed by atoms with E-state index in [0.717, 1.165) is 17.0 Å². The van der Waals surface area contributed by atoms with Crippen molar-refractivity contribution >= 4 is 29.4 Å². The fraction of sp³-hybridized carbons (Fsp3) is 0.385. The van der Waals surface area contributed by atoms with Gasteiger partial charge in [0, 0.05) is 11.9 Å². The monoisotopic (exact) mass is 372 g/mol. The number of hydrogen-bond acceptors (Lipinski definition) is 4. The van der Waals surface area contributed by atoms with Crippen molar-refractivity contribution in [2.45, 2.75) is 22.5 Å². The van der Waals surface area contributed by atoms with Gasteiger partial charge < -0.3 is 4.74 Å². The molecule has 1 aromatic rings. The van der Waals surface area contributed by atoms with Crippen molar-refractivity contribution in [3.8, 4) is 0 Å². The normalized spacial score (nSPS) is 18.9. The van der Waals surface area contributed by atoms with Crippen LogP contribution in [0.1, 0.15) is 0 Å². The van der Waals surface area contributed by atoms with Crippen LogP contribution in [0.2, 0.25) is 0 Å². The van der Waals surface area contributed by atoms with Gasteiger partial charge in [-0.3, -0.25) is 9.69 Å². The van der Waals surface area contributed by atoms with Crippen molar-refractivity contribution in [2.24, 2.45) is 4.99 Å². The molecule has 0 saturated carbocycles. The third-order valence-corrected chi connectivity index (χ3v) is 3.83. The number of thioether (sulfide) groups is 1. The molecule has 1 aromatic carbocycles. The Morgan fingerprint density at radius 3 is 2.50 bits per heavy atom. The van der Waals surface area contributed by atoms with E-state index in [2.05, 4.69) is 4.99 Å². The average molecular weight is 372 g/mol. The zero-order valence-corrected chi connectivity index (χ0v) is 12.8. The molecule has 0 radical (unpaired) electrons. The highest BCUT2D eigenvalue weighted by Crippen LogP contribution is 2.45. The first-order chi connectivity index (χ1) is 11.0. The van der Waals surface area contributed by atoms with E-state index < -0.39 is 29.4 Å². The van der Waals surface area contributed by atoms with Crippen LogP contribution in [-0.2, 0) is 9.53 Å². The fourth-order valence-electron chi connectivity index (χ4n) is 1.66. The van der Waals surface area contributed by atoms with Crippen LogP contribution in [-0.4, -0.2) is 48.1 Å². The molecule has 132 valence electrons. The predicted molar refractivity (Wildman–Crippen MR) is 74.0 cm³/mol. The Morgan fingerprint density at radius 1 is 1.29 bits per heavy atom. The van der Waals surface area contributed by atoms with Crippen LogP contribution in [0.4, 0.5) is 32.0 Å². The van der Waals surface area contributed by atoms with E-state index in [1.807, 2.05) is 0 Å². The molecule has 1 amide bonds. The largest absolute Gasteiger partial charge is 0.454 e. The summed E-state index contributed by atoms with van der Waals surface area (Å²) in [7, 11) is 1.39. The zero-order valence-electron chi connectivity index (χ0n) is 12.0. The van der Waals surface area contributed by atoms with Crippen LogP contribution in [0.15, 0.2) is 34.2 Å². The maximum Gasteiger partial charge on any atom is 0.426 e. The van der Waals surface area contributed by atoms with E-state index in [-0.39, 0.29) is 29.1 Å². The van der Waals surface area contributed by atoms with Crippen molar-refractivity contribution in [3.05, 3.63) is 24.3 Å². The molecule has 1 atom stereocenters. The number of amides is 1. The Kier molecular flexibility index (Phi) is 5.02. The molecule has 24 heavy (non-hydrogen) atoms. The van der Waals surface area contributed by atoms with Gasteiger partial charge in [-0.05, 0) is 30.0 Å². The lowest BCUT2D eigenvalue weighted by molar-refractivity contribution is -0.219. The van der Waals surface area contributed by atoms with Gasteiger partial charge in [0.25, 0.3) is 18.1 Å². The van der Waals surface area contributed by atoms with Gasteiger partial charge in [-0.2, -0.15) is 26.9 Å². The number of aliphatic imine (C=N–C) groups is 1. The van der Waals surface area contributed by atoms with E-state index >= 15 is 0 Å². The number of amidine groups is 1. The Labute approximate surface area is 136 Å². The molecule has 0 spiro atoms. The van der Waals surface area contributed by atoms with Gasteiger partial charge in [0.05, 0.1) is 5.69 Å². The molecule has 0 N–H and O–H groups in total. The summed E-state index contributed by atoms with van der Waals surface area (Å²) in [5, 5.41) is -4.69. The predicted octanol–water partition coefficient (Wildman–Crippen LogP) is 3.75. The molecule has 0 aliphatic carbocycles. The van der Waals surface area contributed by atoms with Crippen molar-refractivity contribution in [1.82, 2.24) is 4.90 Å². The minimum absolute atomic E-state index is 0.0646. The number of ether oxygens (including phenoxy) is 1. The first kappa shape index (κ1) is 18.4. The lowest BCUT2D eigenvalue weighted by atomic mass is 10.3. The second-order valence-electron chi connectivity index (χ2n) is 4.70. The molecule has 1 fully saturated rings. The van der Waals surface area contributed by atoms with Gasteiger partial charge in [-0.1, -0.05) is 6.07 Å². The molecule has 1 saturated heterocycles. The number of rotatable bonds is 4. The number of carbonyl (C=O) groups is 1. The Balaban J connectivity index is 2.19. The highest BCUT2D eigenvalue weighted by atomic mass is 32.2. The molecule has 1 aliphatic rings. The van der Waals surface area contributed by atoms with Gasteiger partial charge in [-0.25, -0.2) is 4.39 Å². The summed E-state index contributed by atoms with van der Waals surface area (Å²) < 4.78 is 81.1. The maximum absolute atomic E-state index is 13.4. The summed E-state index contributed by atoms with van der Waals surface area (Å²) in [5.74, 6) is -0.365. The second kappa shape index (κ2) is 6.54. The SMILES string of the molecule is CN1C(=O)COC1=Nc1cccc(SC(F)(F)C(F)C(F)(F)F)c1. The van der Waals surface area contributed by atoms with E-state index in [1.165, 1.54) is 19.2 Å². The number of hydrogen-bond donors (Lipinski definition) is 0. The molecular weight excluding hydrogens is 362 g/mol. The zero-order chi connectivity index (χ0) is 18.1. The van der Waals surface area contributed by atoms with Gasteiger partial charge in [-0.15, -0.1) is 0 Å². The van der Waals surface area contributed by atoms with Crippen molar-refractivity contribution in [2.75, 3.05) is 13.7 Å². The minimum atomic E-state index is -5.67. The lowest BCUT2D eigenvalue weighted by Gasteiger charge is -2.21.